The number of nitrogens with zero attached hydrogens (tertiary/aromatic N) is 2. The molecule has 24 heavy (non-hydrogen) atoms. The Morgan fingerprint density at radius 1 is 1.25 bits per heavy atom. The summed E-state index contributed by atoms with van der Waals surface area (Å²) in [6, 6.07) is 0. The van der Waals surface area contributed by atoms with E-state index >= 15 is 0 Å². The van der Waals surface area contributed by atoms with Gasteiger partial charge < -0.3 is 15.3 Å². The fourth-order valence-electron chi connectivity index (χ4n) is 3.89. The van der Waals surface area contributed by atoms with E-state index in [9.17, 15) is 13.5 Å². The van der Waals surface area contributed by atoms with Crippen LogP contribution in [-0.2, 0) is 9.84 Å². The minimum atomic E-state index is -3.05. The van der Waals surface area contributed by atoms with Crippen molar-refractivity contribution in [3.63, 3.8) is 0 Å². The summed E-state index contributed by atoms with van der Waals surface area (Å²) >= 11 is 0. The van der Waals surface area contributed by atoms with Gasteiger partial charge in [0.2, 0.25) is 0 Å². The molecule has 2 aliphatic rings. The van der Waals surface area contributed by atoms with Crippen molar-refractivity contribution < 1.29 is 13.5 Å². The fraction of sp³-hybridized carbons (Fsp3) is 0.941. The Kier molecular flexibility index (Phi) is 6.18. The van der Waals surface area contributed by atoms with Crippen LogP contribution in [0.5, 0.6) is 0 Å². The lowest BCUT2D eigenvalue weighted by Crippen LogP contribution is -2.61. The van der Waals surface area contributed by atoms with Crippen molar-refractivity contribution in [2.24, 2.45) is 4.99 Å². The first-order valence-electron chi connectivity index (χ1n) is 9.22. The standard InChI is InChI=1S/C17H33N3O3S/c1-4-16(21,5-2)13-19-15(18-3)20-11-12-24(22,23)17(14-20)9-7-6-8-10-17/h21H,4-14H2,1-3H3,(H,18,19). The maximum Gasteiger partial charge on any atom is 0.193 e. The van der Waals surface area contributed by atoms with Crippen molar-refractivity contribution >= 4 is 15.8 Å². The van der Waals surface area contributed by atoms with Crippen LogP contribution in [0, 0.1) is 0 Å². The molecule has 1 saturated carbocycles. The van der Waals surface area contributed by atoms with E-state index in [0.29, 0.717) is 38.4 Å². The highest BCUT2D eigenvalue weighted by Gasteiger charge is 2.48. The molecule has 0 radical (unpaired) electrons. The maximum atomic E-state index is 12.7. The predicted molar refractivity (Wildman–Crippen MR) is 98.1 cm³/mol. The molecule has 0 atom stereocenters. The van der Waals surface area contributed by atoms with Crippen molar-refractivity contribution in [1.82, 2.24) is 10.2 Å². The van der Waals surface area contributed by atoms with Gasteiger partial charge >= 0.3 is 0 Å². The van der Waals surface area contributed by atoms with Gasteiger partial charge in [-0.15, -0.1) is 0 Å². The highest BCUT2D eigenvalue weighted by atomic mass is 32.2. The number of rotatable bonds is 4. The third kappa shape index (κ3) is 3.87. The third-order valence-corrected chi connectivity index (χ3v) is 8.51. The van der Waals surface area contributed by atoms with Gasteiger partial charge in [0.05, 0.1) is 16.1 Å². The average molecular weight is 360 g/mol. The molecule has 7 heteroatoms. The van der Waals surface area contributed by atoms with Gasteiger partial charge in [0, 0.05) is 26.7 Å². The molecule has 2 fully saturated rings. The molecule has 1 spiro atoms. The highest BCUT2D eigenvalue weighted by molar-refractivity contribution is 7.92. The van der Waals surface area contributed by atoms with Crippen LogP contribution in [0.25, 0.3) is 0 Å². The van der Waals surface area contributed by atoms with Gasteiger partial charge in [-0.2, -0.15) is 0 Å². The van der Waals surface area contributed by atoms with Crippen LogP contribution < -0.4 is 5.32 Å². The summed E-state index contributed by atoms with van der Waals surface area (Å²) in [4.78, 5) is 6.40. The van der Waals surface area contributed by atoms with Crippen molar-refractivity contribution in [3.8, 4) is 0 Å². The second kappa shape index (κ2) is 7.60. The van der Waals surface area contributed by atoms with Crippen LogP contribution in [0.2, 0.25) is 0 Å². The van der Waals surface area contributed by atoms with Crippen molar-refractivity contribution in [1.29, 1.82) is 0 Å². The molecule has 0 aromatic rings. The van der Waals surface area contributed by atoms with Crippen LogP contribution in [0.4, 0.5) is 0 Å². The number of hydrogen-bond acceptors (Lipinski definition) is 4. The van der Waals surface area contributed by atoms with Gasteiger partial charge in [-0.05, 0) is 25.7 Å². The Balaban J connectivity index is 2.10. The Bertz CT molecular complexity index is 549. The lowest BCUT2D eigenvalue weighted by atomic mass is 9.87. The van der Waals surface area contributed by atoms with E-state index in [-0.39, 0.29) is 5.75 Å². The van der Waals surface area contributed by atoms with Crippen LogP contribution in [-0.4, -0.2) is 67.2 Å². The first-order valence-corrected chi connectivity index (χ1v) is 10.9. The molecule has 2 N–H and O–H groups in total. The molecule has 1 aliphatic carbocycles. The van der Waals surface area contributed by atoms with E-state index in [0.717, 1.165) is 32.1 Å². The number of aliphatic hydroxyl groups is 1. The van der Waals surface area contributed by atoms with Gasteiger partial charge in [-0.25, -0.2) is 8.42 Å². The highest BCUT2D eigenvalue weighted by Crippen LogP contribution is 2.38. The lowest BCUT2D eigenvalue weighted by Gasteiger charge is -2.45. The first kappa shape index (κ1) is 19.5. The zero-order valence-electron chi connectivity index (χ0n) is 15.3. The maximum absolute atomic E-state index is 12.7. The smallest absolute Gasteiger partial charge is 0.193 e. The summed E-state index contributed by atoms with van der Waals surface area (Å²) in [5.41, 5.74) is -0.750. The number of guanidine groups is 1. The van der Waals surface area contributed by atoms with E-state index in [1.807, 2.05) is 13.8 Å². The molecule has 140 valence electrons. The van der Waals surface area contributed by atoms with Crippen LogP contribution in [0.3, 0.4) is 0 Å². The molecule has 1 aliphatic heterocycles. The monoisotopic (exact) mass is 359 g/mol. The van der Waals surface area contributed by atoms with Crippen LogP contribution in [0.1, 0.15) is 58.8 Å². The Hall–Kier alpha value is -0.820. The SMILES string of the molecule is CCC(O)(CC)CNC(=NC)N1CCS(=O)(=O)C2(CCCCC2)C1. The van der Waals surface area contributed by atoms with Gasteiger partial charge in [0.1, 0.15) is 0 Å². The van der Waals surface area contributed by atoms with E-state index in [2.05, 4.69) is 15.2 Å². The number of nitrogens with one attached hydrogen (secondary N) is 1. The fourth-order valence-corrected chi connectivity index (χ4v) is 6.05. The second-order valence-electron chi connectivity index (χ2n) is 7.32. The zero-order valence-corrected chi connectivity index (χ0v) is 16.2. The second-order valence-corrected chi connectivity index (χ2v) is 9.82. The molecule has 2 rings (SSSR count). The average Bonchev–Trinajstić information content (AvgIpc) is 2.59. The Morgan fingerprint density at radius 3 is 2.42 bits per heavy atom. The molecular weight excluding hydrogens is 326 g/mol. The Morgan fingerprint density at radius 2 is 1.88 bits per heavy atom. The minimum absolute atomic E-state index is 0.194. The van der Waals surface area contributed by atoms with E-state index in [1.54, 1.807) is 7.05 Å². The summed E-state index contributed by atoms with van der Waals surface area (Å²) in [7, 11) is -1.33. The molecule has 0 aromatic heterocycles. The van der Waals surface area contributed by atoms with Gasteiger partial charge in [-0.1, -0.05) is 33.1 Å². The summed E-state index contributed by atoms with van der Waals surface area (Å²) in [6.45, 7) is 5.37. The topological polar surface area (TPSA) is 82.0 Å². The first-order chi connectivity index (χ1) is 11.3. The largest absolute Gasteiger partial charge is 0.388 e. The molecule has 1 heterocycles. The van der Waals surface area contributed by atoms with Gasteiger partial charge in [0.25, 0.3) is 0 Å². The normalized spacial score (nSPS) is 24.2. The third-order valence-electron chi connectivity index (χ3n) is 5.94. The number of hydrogen-bond donors (Lipinski definition) is 2. The van der Waals surface area contributed by atoms with Gasteiger partial charge in [-0.3, -0.25) is 4.99 Å². The number of sulfone groups is 1. The summed E-state index contributed by atoms with van der Waals surface area (Å²) in [5, 5.41) is 13.7. The molecule has 0 bridgehead atoms. The van der Waals surface area contributed by atoms with Gasteiger partial charge in [0.15, 0.2) is 15.8 Å². The van der Waals surface area contributed by atoms with Crippen molar-refractivity contribution in [2.45, 2.75) is 69.1 Å². The quantitative estimate of drug-likeness (QED) is 0.588. The summed E-state index contributed by atoms with van der Waals surface area (Å²) in [5.74, 6) is 0.898. The predicted octanol–water partition coefficient (Wildman–Crippen LogP) is 1.55. The molecule has 1 saturated heterocycles. The van der Waals surface area contributed by atoms with Crippen molar-refractivity contribution in [3.05, 3.63) is 0 Å². The molecule has 0 aromatic carbocycles. The molecular formula is C17H33N3O3S. The number of aliphatic imine (C=N–C) groups is 1. The summed E-state index contributed by atoms with van der Waals surface area (Å²) in [6.07, 6.45) is 5.98. The lowest BCUT2D eigenvalue weighted by molar-refractivity contribution is 0.0361. The van der Waals surface area contributed by atoms with Crippen LogP contribution >= 0.6 is 0 Å². The molecule has 6 nitrogen and oxygen atoms in total. The summed E-state index contributed by atoms with van der Waals surface area (Å²) < 4.78 is 24.8. The van der Waals surface area contributed by atoms with Crippen LogP contribution in [0.15, 0.2) is 4.99 Å². The van der Waals surface area contributed by atoms with E-state index in [4.69, 9.17) is 0 Å². The van der Waals surface area contributed by atoms with Crippen molar-refractivity contribution in [2.75, 3.05) is 32.4 Å². The Labute approximate surface area is 146 Å². The minimum Gasteiger partial charge on any atom is -0.388 e. The zero-order chi connectivity index (χ0) is 17.8. The van der Waals surface area contributed by atoms with E-state index < -0.39 is 20.2 Å². The molecule has 0 unspecified atom stereocenters. The molecule has 0 amide bonds. The van der Waals surface area contributed by atoms with E-state index in [1.165, 1.54) is 0 Å².